The molecule has 2 unspecified atom stereocenters. The van der Waals surface area contributed by atoms with Crippen molar-refractivity contribution in [3.63, 3.8) is 0 Å². The van der Waals surface area contributed by atoms with Crippen LogP contribution < -0.4 is 11.1 Å². The molecule has 2 rings (SSSR count). The minimum atomic E-state index is -0.144. The van der Waals surface area contributed by atoms with Crippen molar-refractivity contribution in [3.05, 3.63) is 11.4 Å². The summed E-state index contributed by atoms with van der Waals surface area (Å²) in [5.74, 6) is -0.144. The van der Waals surface area contributed by atoms with Crippen LogP contribution in [0.4, 0.5) is 5.69 Å². The van der Waals surface area contributed by atoms with Crippen LogP contribution in [0.15, 0.2) is 0 Å². The maximum absolute atomic E-state index is 12.3. The van der Waals surface area contributed by atoms with E-state index in [4.69, 9.17) is 10.5 Å². The third kappa shape index (κ3) is 2.73. The molecular weight excluding hydrogens is 244 g/mol. The van der Waals surface area contributed by atoms with Crippen LogP contribution in [-0.2, 0) is 18.2 Å². The fourth-order valence-electron chi connectivity index (χ4n) is 2.67. The third-order valence-electron chi connectivity index (χ3n) is 3.76. The summed E-state index contributed by atoms with van der Waals surface area (Å²) in [7, 11) is 3.46. The molecule has 1 aliphatic carbocycles. The topological polar surface area (TPSA) is 82.2 Å². The first-order chi connectivity index (χ1) is 9.06. The molecule has 0 spiro atoms. The summed E-state index contributed by atoms with van der Waals surface area (Å²) in [6, 6.07) is 0.164. The summed E-state index contributed by atoms with van der Waals surface area (Å²) >= 11 is 0. The second-order valence-electron chi connectivity index (χ2n) is 5.03. The van der Waals surface area contributed by atoms with Gasteiger partial charge in [-0.2, -0.15) is 5.10 Å². The number of rotatable bonds is 4. The first kappa shape index (κ1) is 13.9. The SMILES string of the molecule is CCc1nn(C)c(C(=O)NC2CCC(OC)C2)c1N. The van der Waals surface area contributed by atoms with Crippen LogP contribution in [0, 0.1) is 0 Å². The molecule has 106 valence electrons. The van der Waals surface area contributed by atoms with Crippen molar-refractivity contribution in [3.8, 4) is 0 Å². The number of hydrogen-bond donors (Lipinski definition) is 2. The molecule has 1 amide bonds. The number of methoxy groups -OCH3 is 1. The lowest BCUT2D eigenvalue weighted by Gasteiger charge is -2.13. The second kappa shape index (κ2) is 5.61. The fraction of sp³-hybridized carbons (Fsp3) is 0.692. The molecule has 1 aliphatic rings. The highest BCUT2D eigenvalue weighted by Gasteiger charge is 2.28. The van der Waals surface area contributed by atoms with Crippen molar-refractivity contribution in [1.82, 2.24) is 15.1 Å². The van der Waals surface area contributed by atoms with Gasteiger partial charge in [0.1, 0.15) is 5.69 Å². The Kier molecular flexibility index (Phi) is 4.09. The number of carbonyl (C=O) groups excluding carboxylic acids is 1. The number of anilines is 1. The quantitative estimate of drug-likeness (QED) is 0.847. The van der Waals surface area contributed by atoms with Gasteiger partial charge in [0.05, 0.1) is 17.5 Å². The standard InChI is InChI=1S/C13H22N4O2/c1-4-10-11(14)12(17(2)16-10)13(18)15-8-5-6-9(7-8)19-3/h8-9H,4-7,14H2,1-3H3,(H,15,18). The lowest BCUT2D eigenvalue weighted by Crippen LogP contribution is -2.35. The van der Waals surface area contributed by atoms with Crippen molar-refractivity contribution in [2.75, 3.05) is 12.8 Å². The Morgan fingerprint density at radius 1 is 1.58 bits per heavy atom. The largest absolute Gasteiger partial charge is 0.395 e. The van der Waals surface area contributed by atoms with E-state index in [0.717, 1.165) is 31.4 Å². The van der Waals surface area contributed by atoms with E-state index in [0.29, 0.717) is 11.4 Å². The van der Waals surface area contributed by atoms with Gasteiger partial charge in [-0.05, 0) is 25.7 Å². The predicted octanol–water partition coefficient (Wildman–Crippen LogP) is 0.862. The number of ether oxygens (including phenoxy) is 1. The minimum absolute atomic E-state index is 0.144. The number of aryl methyl sites for hydroxylation is 2. The zero-order valence-electron chi connectivity index (χ0n) is 11.8. The van der Waals surface area contributed by atoms with E-state index in [1.54, 1.807) is 18.8 Å². The van der Waals surface area contributed by atoms with Gasteiger partial charge in [-0.3, -0.25) is 9.48 Å². The third-order valence-corrected chi connectivity index (χ3v) is 3.76. The van der Waals surface area contributed by atoms with E-state index in [2.05, 4.69) is 10.4 Å². The molecule has 0 aliphatic heterocycles. The number of nitrogen functional groups attached to an aromatic ring is 1. The van der Waals surface area contributed by atoms with Gasteiger partial charge in [0, 0.05) is 20.2 Å². The number of hydrogen-bond acceptors (Lipinski definition) is 4. The molecule has 19 heavy (non-hydrogen) atoms. The number of aromatic nitrogens is 2. The van der Waals surface area contributed by atoms with Gasteiger partial charge >= 0.3 is 0 Å². The summed E-state index contributed by atoms with van der Waals surface area (Å²) in [4.78, 5) is 12.3. The highest BCUT2D eigenvalue weighted by Crippen LogP contribution is 2.23. The van der Waals surface area contributed by atoms with Gasteiger partial charge in [0.25, 0.3) is 5.91 Å². The Balaban J connectivity index is 2.06. The molecule has 1 aromatic heterocycles. The molecule has 3 N–H and O–H groups in total. The molecule has 1 aromatic rings. The predicted molar refractivity (Wildman–Crippen MR) is 72.9 cm³/mol. The number of nitrogens with one attached hydrogen (secondary N) is 1. The van der Waals surface area contributed by atoms with Gasteiger partial charge in [0.2, 0.25) is 0 Å². The Morgan fingerprint density at radius 3 is 2.84 bits per heavy atom. The van der Waals surface area contributed by atoms with Crippen LogP contribution in [0.5, 0.6) is 0 Å². The smallest absolute Gasteiger partial charge is 0.271 e. The normalized spacial score (nSPS) is 22.7. The molecule has 0 radical (unpaired) electrons. The number of amides is 1. The van der Waals surface area contributed by atoms with Crippen molar-refractivity contribution < 1.29 is 9.53 Å². The summed E-state index contributed by atoms with van der Waals surface area (Å²) in [5.41, 5.74) is 7.69. The minimum Gasteiger partial charge on any atom is -0.395 e. The molecule has 6 heteroatoms. The average Bonchev–Trinajstić information content (AvgIpc) is 2.93. The molecule has 0 aromatic carbocycles. The molecule has 2 atom stereocenters. The van der Waals surface area contributed by atoms with Crippen molar-refractivity contribution >= 4 is 11.6 Å². The molecule has 1 fully saturated rings. The van der Waals surface area contributed by atoms with Crippen molar-refractivity contribution in [2.24, 2.45) is 7.05 Å². The van der Waals surface area contributed by atoms with E-state index in [9.17, 15) is 4.79 Å². The van der Waals surface area contributed by atoms with Gasteiger partial charge in [0.15, 0.2) is 0 Å². The van der Waals surface area contributed by atoms with E-state index in [-0.39, 0.29) is 18.1 Å². The zero-order chi connectivity index (χ0) is 14.0. The first-order valence-electron chi connectivity index (χ1n) is 6.71. The van der Waals surface area contributed by atoms with Gasteiger partial charge in [-0.1, -0.05) is 6.92 Å². The average molecular weight is 266 g/mol. The highest BCUT2D eigenvalue weighted by atomic mass is 16.5. The summed E-state index contributed by atoms with van der Waals surface area (Å²) < 4.78 is 6.87. The van der Waals surface area contributed by atoms with Gasteiger partial charge < -0.3 is 15.8 Å². The van der Waals surface area contributed by atoms with Gasteiger partial charge in [-0.15, -0.1) is 0 Å². The van der Waals surface area contributed by atoms with E-state index < -0.39 is 0 Å². The lowest BCUT2D eigenvalue weighted by molar-refractivity contribution is 0.0907. The maximum Gasteiger partial charge on any atom is 0.271 e. The van der Waals surface area contributed by atoms with Crippen LogP contribution in [-0.4, -0.2) is 34.9 Å². The molecular formula is C13H22N4O2. The number of nitrogens with two attached hydrogens (primary N) is 1. The molecule has 1 heterocycles. The number of carbonyl (C=O) groups is 1. The Labute approximate surface area is 113 Å². The molecule has 1 saturated carbocycles. The fourth-order valence-corrected chi connectivity index (χ4v) is 2.67. The Morgan fingerprint density at radius 2 is 2.32 bits per heavy atom. The second-order valence-corrected chi connectivity index (χ2v) is 5.03. The highest BCUT2D eigenvalue weighted by molar-refractivity contribution is 5.98. The molecule has 0 bridgehead atoms. The molecule has 6 nitrogen and oxygen atoms in total. The van der Waals surface area contributed by atoms with Crippen LogP contribution in [0.3, 0.4) is 0 Å². The van der Waals surface area contributed by atoms with Gasteiger partial charge in [-0.25, -0.2) is 0 Å². The Hall–Kier alpha value is -1.56. The van der Waals surface area contributed by atoms with Crippen molar-refractivity contribution in [1.29, 1.82) is 0 Å². The summed E-state index contributed by atoms with van der Waals surface area (Å²) in [6.45, 7) is 1.97. The lowest BCUT2D eigenvalue weighted by atomic mass is 10.2. The monoisotopic (exact) mass is 266 g/mol. The van der Waals surface area contributed by atoms with Crippen molar-refractivity contribution in [2.45, 2.75) is 44.8 Å². The summed E-state index contributed by atoms with van der Waals surface area (Å²) in [5, 5.41) is 7.28. The van der Waals surface area contributed by atoms with Crippen LogP contribution >= 0.6 is 0 Å². The zero-order valence-corrected chi connectivity index (χ0v) is 11.8. The van der Waals surface area contributed by atoms with E-state index in [1.165, 1.54) is 0 Å². The van der Waals surface area contributed by atoms with Crippen LogP contribution in [0.1, 0.15) is 42.4 Å². The maximum atomic E-state index is 12.3. The van der Waals surface area contributed by atoms with Crippen LogP contribution in [0.2, 0.25) is 0 Å². The van der Waals surface area contributed by atoms with E-state index in [1.807, 2.05) is 6.92 Å². The van der Waals surface area contributed by atoms with Crippen LogP contribution in [0.25, 0.3) is 0 Å². The summed E-state index contributed by atoms with van der Waals surface area (Å²) in [6.07, 6.45) is 3.77. The number of nitrogens with zero attached hydrogens (tertiary/aromatic N) is 2. The molecule has 0 saturated heterocycles. The first-order valence-corrected chi connectivity index (χ1v) is 6.71. The Bertz CT molecular complexity index is 469. The van der Waals surface area contributed by atoms with E-state index >= 15 is 0 Å².